The first kappa shape index (κ1) is 27.4. The van der Waals surface area contributed by atoms with Crippen molar-refractivity contribution in [1.82, 2.24) is 15.3 Å². The number of carbonyl (C=O) groups excluding carboxylic acids is 1. The number of halogens is 4. The predicted molar refractivity (Wildman–Crippen MR) is 124 cm³/mol. The lowest BCUT2D eigenvalue weighted by Gasteiger charge is -2.26. The van der Waals surface area contributed by atoms with Crippen LogP contribution in [-0.4, -0.2) is 45.4 Å². The normalized spacial score (nSPS) is 12.4. The van der Waals surface area contributed by atoms with E-state index in [0.717, 1.165) is 28.5 Å². The quantitative estimate of drug-likeness (QED) is 0.462. The third-order valence-electron chi connectivity index (χ3n) is 4.00. The zero-order valence-corrected chi connectivity index (χ0v) is 21.1. The second-order valence-electron chi connectivity index (χ2n) is 7.98. The molecule has 0 fully saturated rings. The van der Waals surface area contributed by atoms with Crippen molar-refractivity contribution in [3.63, 3.8) is 0 Å². The van der Waals surface area contributed by atoms with Crippen molar-refractivity contribution in [2.75, 3.05) is 11.4 Å². The van der Waals surface area contributed by atoms with Crippen molar-refractivity contribution in [2.45, 2.75) is 51.9 Å². The number of carboxylic acid groups (broad SMARTS) is 1. The first-order valence-corrected chi connectivity index (χ1v) is 11.4. The molecular weight excluding hydrogens is 541 g/mol. The number of rotatable bonds is 6. The Bertz CT molecular complexity index is 1090. The summed E-state index contributed by atoms with van der Waals surface area (Å²) in [6.07, 6.45) is -5.71. The molecule has 8 nitrogen and oxygen atoms in total. The van der Waals surface area contributed by atoms with E-state index in [4.69, 9.17) is 4.74 Å². The van der Waals surface area contributed by atoms with E-state index in [9.17, 15) is 27.9 Å². The number of aromatic nitrogens is 2. The number of amides is 2. The van der Waals surface area contributed by atoms with Gasteiger partial charge >= 0.3 is 18.4 Å². The van der Waals surface area contributed by atoms with E-state index in [1.807, 2.05) is 0 Å². The van der Waals surface area contributed by atoms with E-state index in [1.165, 1.54) is 6.07 Å². The molecule has 0 aliphatic rings. The highest BCUT2D eigenvalue weighted by Crippen LogP contribution is 2.31. The zero-order chi connectivity index (χ0) is 25.7. The van der Waals surface area contributed by atoms with Crippen molar-refractivity contribution in [3.05, 3.63) is 39.1 Å². The summed E-state index contributed by atoms with van der Waals surface area (Å²) in [5.74, 6) is 5.43. The largest absolute Gasteiger partial charge is 0.465 e. The van der Waals surface area contributed by atoms with Crippen LogP contribution in [0.5, 0.6) is 0 Å². The van der Waals surface area contributed by atoms with E-state index in [-0.39, 0.29) is 18.1 Å². The van der Waals surface area contributed by atoms with Gasteiger partial charge in [0.2, 0.25) is 0 Å². The molecule has 2 N–H and O–H groups in total. The van der Waals surface area contributed by atoms with Gasteiger partial charge in [0.25, 0.3) is 0 Å². The number of hydrogen-bond acceptors (Lipinski definition) is 6. The Morgan fingerprint density at radius 1 is 1.32 bits per heavy atom. The number of hydrogen-bond donors (Lipinski definition) is 2. The summed E-state index contributed by atoms with van der Waals surface area (Å²) in [7, 11) is 0. The molecule has 2 aromatic heterocycles. The second-order valence-corrected chi connectivity index (χ2v) is 10.3. The molecule has 0 aromatic carbocycles. The van der Waals surface area contributed by atoms with Crippen molar-refractivity contribution < 1.29 is 32.6 Å². The van der Waals surface area contributed by atoms with Crippen LogP contribution in [0.2, 0.25) is 0 Å². The molecule has 2 amide bonds. The first-order chi connectivity index (χ1) is 15.7. The van der Waals surface area contributed by atoms with E-state index in [1.54, 1.807) is 27.7 Å². The topological polar surface area (TPSA) is 105 Å². The minimum absolute atomic E-state index is 0.0116. The Morgan fingerprint density at radius 3 is 2.50 bits per heavy atom. The summed E-state index contributed by atoms with van der Waals surface area (Å²) in [6, 6.07) is 1.18. The van der Waals surface area contributed by atoms with Crippen LogP contribution < -0.4 is 10.2 Å². The van der Waals surface area contributed by atoms with Crippen LogP contribution in [0.4, 0.5) is 27.9 Å². The van der Waals surface area contributed by atoms with Crippen LogP contribution in [0, 0.1) is 11.8 Å². The summed E-state index contributed by atoms with van der Waals surface area (Å²) >= 11 is 4.34. The van der Waals surface area contributed by atoms with Gasteiger partial charge in [-0.15, -0.1) is 0 Å². The Labute approximate surface area is 206 Å². The Morgan fingerprint density at radius 2 is 2.00 bits per heavy atom. The standard InChI is InChI=1S/C21H22BrF3N4O4S/c1-5-6-14-16(22)34-17(28-14)29(19(31)32)11-13(27-18(30)33-20(2,3)4)9-12-7-8-15(26-10-12)21(23,24)25/h7-8,10,13H,9,11H2,1-4H3,(H,27,30)(H,31,32)/t13-/m1/s1. The summed E-state index contributed by atoms with van der Waals surface area (Å²) < 4.78 is 44.3. The number of ether oxygens (including phenoxy) is 1. The van der Waals surface area contributed by atoms with E-state index < -0.39 is 35.7 Å². The van der Waals surface area contributed by atoms with Gasteiger partial charge in [-0.05, 0) is 67.6 Å². The van der Waals surface area contributed by atoms with Crippen molar-refractivity contribution in [2.24, 2.45) is 0 Å². The molecular formula is C21H22BrF3N4O4S. The molecule has 0 saturated heterocycles. The van der Waals surface area contributed by atoms with Gasteiger partial charge < -0.3 is 15.2 Å². The van der Waals surface area contributed by atoms with Gasteiger partial charge in [-0.3, -0.25) is 9.88 Å². The number of pyridine rings is 1. The predicted octanol–water partition coefficient (Wildman–Crippen LogP) is 5.31. The van der Waals surface area contributed by atoms with E-state index in [2.05, 4.69) is 43.1 Å². The summed E-state index contributed by atoms with van der Waals surface area (Å²) in [4.78, 5) is 32.9. The molecule has 0 saturated carbocycles. The number of alkyl halides is 3. The number of nitrogens with zero attached hydrogens (tertiary/aromatic N) is 3. The lowest BCUT2D eigenvalue weighted by molar-refractivity contribution is -0.141. The van der Waals surface area contributed by atoms with Crippen LogP contribution >= 0.6 is 27.3 Å². The van der Waals surface area contributed by atoms with Crippen LogP contribution in [0.1, 0.15) is 44.6 Å². The van der Waals surface area contributed by atoms with Gasteiger partial charge in [0.15, 0.2) is 5.13 Å². The smallest absolute Gasteiger partial charge is 0.433 e. The van der Waals surface area contributed by atoms with Gasteiger partial charge in [-0.2, -0.15) is 13.2 Å². The minimum Gasteiger partial charge on any atom is -0.465 e. The van der Waals surface area contributed by atoms with Crippen LogP contribution in [0.15, 0.2) is 22.1 Å². The fourth-order valence-electron chi connectivity index (χ4n) is 2.69. The molecule has 2 heterocycles. The number of carbonyl (C=O) groups is 2. The molecule has 184 valence electrons. The average molecular weight is 563 g/mol. The molecule has 0 unspecified atom stereocenters. The lowest BCUT2D eigenvalue weighted by Crippen LogP contribution is -2.48. The molecule has 13 heteroatoms. The van der Waals surface area contributed by atoms with Crippen LogP contribution in [0.3, 0.4) is 0 Å². The minimum atomic E-state index is -4.59. The molecule has 34 heavy (non-hydrogen) atoms. The number of thiazole rings is 1. The van der Waals surface area contributed by atoms with Crippen molar-refractivity contribution >= 4 is 44.6 Å². The molecule has 0 radical (unpaired) electrons. The number of alkyl carbamates (subject to hydrolysis) is 1. The maximum absolute atomic E-state index is 12.8. The Balaban J connectivity index is 2.32. The Hall–Kier alpha value is -2.85. The fraction of sp³-hybridized carbons (Fsp3) is 0.429. The summed E-state index contributed by atoms with van der Waals surface area (Å²) in [6.45, 7) is 6.34. The molecule has 2 rings (SSSR count). The van der Waals surface area contributed by atoms with Gasteiger partial charge in [-0.1, -0.05) is 23.3 Å². The lowest BCUT2D eigenvalue weighted by atomic mass is 10.1. The van der Waals surface area contributed by atoms with E-state index >= 15 is 0 Å². The third kappa shape index (κ3) is 8.18. The summed E-state index contributed by atoms with van der Waals surface area (Å²) in [5.41, 5.74) is -1.16. The molecule has 0 bridgehead atoms. The van der Waals surface area contributed by atoms with Crippen molar-refractivity contribution in [1.29, 1.82) is 0 Å². The molecule has 0 spiro atoms. The SMILES string of the molecule is CC#Cc1nc(N(C[C@@H](Cc2ccc(C(F)(F)F)nc2)NC(=O)OC(C)(C)C)C(=O)O)sc1Br. The van der Waals surface area contributed by atoms with Crippen LogP contribution in [0.25, 0.3) is 0 Å². The highest BCUT2D eigenvalue weighted by Gasteiger charge is 2.32. The van der Waals surface area contributed by atoms with Crippen LogP contribution in [-0.2, 0) is 17.3 Å². The summed E-state index contributed by atoms with van der Waals surface area (Å²) in [5, 5.41) is 12.5. The van der Waals surface area contributed by atoms with Gasteiger partial charge in [0.05, 0.1) is 12.6 Å². The monoisotopic (exact) mass is 562 g/mol. The Kier molecular flexibility index (Phi) is 8.90. The fourth-order valence-corrected chi connectivity index (χ4v) is 4.07. The third-order valence-corrected chi connectivity index (χ3v) is 5.73. The van der Waals surface area contributed by atoms with Gasteiger partial charge in [0.1, 0.15) is 20.8 Å². The first-order valence-electron chi connectivity index (χ1n) is 9.80. The zero-order valence-electron chi connectivity index (χ0n) is 18.7. The van der Waals surface area contributed by atoms with Gasteiger partial charge in [0, 0.05) is 6.20 Å². The molecule has 0 aliphatic carbocycles. The highest BCUT2D eigenvalue weighted by molar-refractivity contribution is 9.11. The van der Waals surface area contributed by atoms with Gasteiger partial charge in [-0.25, -0.2) is 14.6 Å². The maximum Gasteiger partial charge on any atom is 0.433 e. The number of nitrogens with one attached hydrogen (secondary N) is 1. The average Bonchev–Trinajstić information content (AvgIpc) is 3.04. The van der Waals surface area contributed by atoms with Crippen molar-refractivity contribution in [3.8, 4) is 11.8 Å². The maximum atomic E-state index is 12.8. The molecule has 0 aliphatic heterocycles. The number of anilines is 1. The molecule has 2 aromatic rings. The molecule has 1 atom stereocenters. The van der Waals surface area contributed by atoms with E-state index in [0.29, 0.717) is 15.0 Å². The highest BCUT2D eigenvalue weighted by atomic mass is 79.9. The second kappa shape index (κ2) is 11.1.